The van der Waals surface area contributed by atoms with Gasteiger partial charge in [0.25, 0.3) is 0 Å². The van der Waals surface area contributed by atoms with Crippen LogP contribution in [-0.2, 0) is 14.3 Å². The Balaban J connectivity index is 1.47. The first-order chi connectivity index (χ1) is 16.6. The Hall–Kier alpha value is -3.35. The number of rotatable bonds is 5. The van der Waals surface area contributed by atoms with E-state index in [0.717, 1.165) is 22.3 Å². The summed E-state index contributed by atoms with van der Waals surface area (Å²) in [7, 11) is 0. The van der Waals surface area contributed by atoms with Crippen molar-refractivity contribution in [3.63, 3.8) is 0 Å². The third kappa shape index (κ3) is 4.90. The van der Waals surface area contributed by atoms with E-state index in [0.29, 0.717) is 19.4 Å². The number of nitrogens with zero attached hydrogens (tertiary/aromatic N) is 1. The molecule has 35 heavy (non-hydrogen) atoms. The lowest BCUT2D eigenvalue weighted by atomic mass is 9.83. The highest BCUT2D eigenvalue weighted by atomic mass is 16.5. The van der Waals surface area contributed by atoms with Crippen molar-refractivity contribution in [2.45, 2.75) is 58.5 Å². The van der Waals surface area contributed by atoms with Gasteiger partial charge in [-0.1, -0.05) is 69.3 Å². The first-order valence-corrected chi connectivity index (χ1v) is 12.2. The van der Waals surface area contributed by atoms with E-state index in [1.165, 1.54) is 0 Å². The summed E-state index contributed by atoms with van der Waals surface area (Å²) >= 11 is 0. The topological polar surface area (TPSA) is 95.9 Å². The third-order valence-electron chi connectivity index (χ3n) is 7.31. The number of carbonyl (C=O) groups is 3. The molecule has 2 aliphatic rings. The number of carbonyl (C=O) groups excluding carboxylic acids is 2. The van der Waals surface area contributed by atoms with E-state index >= 15 is 0 Å². The van der Waals surface area contributed by atoms with Gasteiger partial charge in [-0.2, -0.15) is 0 Å². The van der Waals surface area contributed by atoms with Crippen LogP contribution in [0.2, 0.25) is 0 Å². The first-order valence-electron chi connectivity index (χ1n) is 12.2. The number of ether oxygens (including phenoxy) is 1. The number of hydrogen-bond acceptors (Lipinski definition) is 4. The van der Waals surface area contributed by atoms with Crippen molar-refractivity contribution < 1.29 is 24.2 Å². The fourth-order valence-corrected chi connectivity index (χ4v) is 5.36. The van der Waals surface area contributed by atoms with Crippen molar-refractivity contribution in [1.29, 1.82) is 0 Å². The second-order valence-corrected chi connectivity index (χ2v) is 10.6. The van der Waals surface area contributed by atoms with Crippen LogP contribution in [0.4, 0.5) is 4.79 Å². The Morgan fingerprint density at radius 3 is 2.17 bits per heavy atom. The van der Waals surface area contributed by atoms with Gasteiger partial charge in [-0.05, 0) is 47.4 Å². The van der Waals surface area contributed by atoms with E-state index in [1.54, 1.807) is 11.8 Å². The van der Waals surface area contributed by atoms with Crippen molar-refractivity contribution in [3.05, 3.63) is 59.7 Å². The number of aliphatic carboxylic acids is 1. The molecular weight excluding hydrogens is 444 g/mol. The van der Waals surface area contributed by atoms with Crippen LogP contribution in [0.3, 0.4) is 0 Å². The molecule has 0 saturated carbocycles. The summed E-state index contributed by atoms with van der Waals surface area (Å²) in [6.07, 6.45) is 0.509. The minimum atomic E-state index is -0.896. The van der Waals surface area contributed by atoms with Gasteiger partial charge in [0, 0.05) is 18.5 Å². The Labute approximate surface area is 206 Å². The standard InChI is InChI=1S/C28H34N2O5/c1-17-18(26(32)33)14-9-15-30(17)25(31)24(28(2,3)4)29-27(34)35-16-23-21-12-7-5-10-19(21)20-11-6-8-13-22(20)23/h5-8,10-13,17-18,23-24H,9,14-16H2,1-4H3,(H,29,34)(H,32,33)/t17-,18-,24-/m0/s1. The molecule has 3 atom stereocenters. The van der Waals surface area contributed by atoms with Gasteiger partial charge in [0.1, 0.15) is 12.6 Å². The lowest BCUT2D eigenvalue weighted by Crippen LogP contribution is -2.59. The number of hydrogen-bond donors (Lipinski definition) is 2. The summed E-state index contributed by atoms with van der Waals surface area (Å²) in [5.74, 6) is -1.85. The fourth-order valence-electron chi connectivity index (χ4n) is 5.36. The largest absolute Gasteiger partial charge is 0.481 e. The summed E-state index contributed by atoms with van der Waals surface area (Å²) in [5.41, 5.74) is 3.94. The normalized spacial score (nSPS) is 20.5. The SMILES string of the molecule is C[C@H]1[C@@H](C(=O)O)CCCN1C(=O)[C@H](NC(=O)OCC1c2ccccc2-c2ccccc21)C(C)(C)C. The van der Waals surface area contributed by atoms with Crippen LogP contribution in [0.1, 0.15) is 57.6 Å². The predicted octanol–water partition coefficient (Wildman–Crippen LogP) is 4.65. The molecule has 4 rings (SSSR count). The maximum Gasteiger partial charge on any atom is 0.407 e. The van der Waals surface area contributed by atoms with Gasteiger partial charge in [-0.15, -0.1) is 0 Å². The number of carboxylic acids is 1. The molecule has 2 aromatic carbocycles. The lowest BCUT2D eigenvalue weighted by Gasteiger charge is -2.41. The lowest BCUT2D eigenvalue weighted by molar-refractivity contribution is -0.150. The number of fused-ring (bicyclic) bond motifs is 3. The smallest absolute Gasteiger partial charge is 0.407 e. The molecule has 0 bridgehead atoms. The molecule has 1 heterocycles. The molecule has 1 saturated heterocycles. The van der Waals surface area contributed by atoms with E-state index in [4.69, 9.17) is 4.74 Å². The molecule has 0 radical (unpaired) electrons. The zero-order chi connectivity index (χ0) is 25.3. The number of alkyl carbamates (subject to hydrolysis) is 1. The van der Waals surface area contributed by atoms with Crippen molar-refractivity contribution in [2.24, 2.45) is 11.3 Å². The zero-order valence-corrected chi connectivity index (χ0v) is 20.8. The van der Waals surface area contributed by atoms with Crippen LogP contribution in [0, 0.1) is 11.3 Å². The molecule has 0 aromatic heterocycles. The minimum absolute atomic E-state index is 0.0737. The van der Waals surface area contributed by atoms with E-state index in [2.05, 4.69) is 29.6 Å². The summed E-state index contributed by atoms with van der Waals surface area (Å²) in [5, 5.41) is 12.3. The Morgan fingerprint density at radius 2 is 1.63 bits per heavy atom. The summed E-state index contributed by atoms with van der Waals surface area (Å²) in [6.45, 7) is 8.03. The molecule has 2 amide bonds. The quantitative estimate of drug-likeness (QED) is 0.652. The van der Waals surface area contributed by atoms with Crippen LogP contribution >= 0.6 is 0 Å². The zero-order valence-electron chi connectivity index (χ0n) is 20.8. The molecular formula is C28H34N2O5. The third-order valence-corrected chi connectivity index (χ3v) is 7.31. The average Bonchev–Trinajstić information content (AvgIpc) is 3.14. The van der Waals surface area contributed by atoms with E-state index in [-0.39, 0.29) is 18.4 Å². The maximum atomic E-state index is 13.5. The molecule has 2 aromatic rings. The van der Waals surface area contributed by atoms with Crippen molar-refractivity contribution >= 4 is 18.0 Å². The van der Waals surface area contributed by atoms with Gasteiger partial charge < -0.3 is 20.1 Å². The maximum absolute atomic E-state index is 13.5. The molecule has 0 spiro atoms. The fraction of sp³-hybridized carbons (Fsp3) is 0.464. The van der Waals surface area contributed by atoms with E-state index < -0.39 is 35.5 Å². The molecule has 7 nitrogen and oxygen atoms in total. The number of carboxylic acid groups (broad SMARTS) is 1. The first kappa shape index (κ1) is 24.8. The van der Waals surface area contributed by atoms with E-state index in [1.807, 2.05) is 45.0 Å². The van der Waals surface area contributed by atoms with Gasteiger partial charge in [0.2, 0.25) is 5.91 Å². The second-order valence-electron chi connectivity index (χ2n) is 10.6. The molecule has 1 aliphatic heterocycles. The molecule has 1 fully saturated rings. The molecule has 1 aliphatic carbocycles. The minimum Gasteiger partial charge on any atom is -0.481 e. The Bertz CT molecular complexity index is 1080. The Kier molecular flexibility index (Phi) is 6.88. The number of piperidine rings is 1. The van der Waals surface area contributed by atoms with Crippen molar-refractivity contribution in [2.75, 3.05) is 13.2 Å². The van der Waals surface area contributed by atoms with Gasteiger partial charge in [0.15, 0.2) is 0 Å². The van der Waals surface area contributed by atoms with Crippen molar-refractivity contribution in [3.8, 4) is 11.1 Å². The van der Waals surface area contributed by atoms with Crippen LogP contribution in [0.15, 0.2) is 48.5 Å². The second kappa shape index (κ2) is 9.72. The van der Waals surface area contributed by atoms with Gasteiger partial charge >= 0.3 is 12.1 Å². The van der Waals surface area contributed by atoms with Crippen LogP contribution in [0.25, 0.3) is 11.1 Å². The molecule has 7 heteroatoms. The summed E-state index contributed by atoms with van der Waals surface area (Å²) in [4.78, 5) is 39.7. The van der Waals surface area contributed by atoms with Crippen LogP contribution < -0.4 is 5.32 Å². The number of benzene rings is 2. The number of likely N-dealkylation sites (tertiary alicyclic amines) is 1. The van der Waals surface area contributed by atoms with Gasteiger partial charge in [-0.25, -0.2) is 4.79 Å². The highest BCUT2D eigenvalue weighted by Crippen LogP contribution is 2.44. The van der Waals surface area contributed by atoms with Gasteiger partial charge in [0.05, 0.1) is 5.92 Å². The highest BCUT2D eigenvalue weighted by molar-refractivity contribution is 5.87. The molecule has 186 valence electrons. The van der Waals surface area contributed by atoms with Crippen LogP contribution in [0.5, 0.6) is 0 Å². The van der Waals surface area contributed by atoms with Gasteiger partial charge in [-0.3, -0.25) is 9.59 Å². The monoisotopic (exact) mass is 478 g/mol. The summed E-state index contributed by atoms with van der Waals surface area (Å²) in [6, 6.07) is 14.9. The van der Waals surface area contributed by atoms with E-state index in [9.17, 15) is 19.5 Å². The van der Waals surface area contributed by atoms with Crippen molar-refractivity contribution in [1.82, 2.24) is 10.2 Å². The predicted molar refractivity (Wildman–Crippen MR) is 133 cm³/mol. The average molecular weight is 479 g/mol. The Morgan fingerprint density at radius 1 is 1.06 bits per heavy atom. The highest BCUT2D eigenvalue weighted by Gasteiger charge is 2.42. The number of amides is 2. The molecule has 2 N–H and O–H groups in total. The number of nitrogens with one attached hydrogen (secondary N) is 1. The van der Waals surface area contributed by atoms with Crippen LogP contribution in [-0.4, -0.2) is 53.2 Å². The summed E-state index contributed by atoms with van der Waals surface area (Å²) < 4.78 is 5.67. The molecule has 0 unspecified atom stereocenters.